The molecule has 2 aromatic carbocycles. The maximum absolute atomic E-state index is 13.2. The van der Waals surface area contributed by atoms with Crippen LogP contribution in [0.15, 0.2) is 48.5 Å². The Morgan fingerprint density at radius 3 is 2.32 bits per heavy atom. The summed E-state index contributed by atoms with van der Waals surface area (Å²) in [7, 11) is -3.79. The van der Waals surface area contributed by atoms with Gasteiger partial charge in [0, 0.05) is 11.1 Å². The zero-order valence-corrected chi connectivity index (χ0v) is 19.6. The van der Waals surface area contributed by atoms with Crippen molar-refractivity contribution in [2.24, 2.45) is 0 Å². The lowest BCUT2D eigenvalue weighted by atomic mass is 10.1. The monoisotopic (exact) mass is 465 g/mol. The smallest absolute Gasteiger partial charge is 0.253 e. The fraction of sp³-hybridized carbons (Fsp3) is 0.364. The summed E-state index contributed by atoms with van der Waals surface area (Å²) in [5.74, 6) is -0.857. The van der Waals surface area contributed by atoms with Gasteiger partial charge in [0.15, 0.2) is 0 Å². The minimum Gasteiger partial charge on any atom is -0.350 e. The highest BCUT2D eigenvalue weighted by atomic mass is 35.5. The molecule has 0 saturated carbocycles. The zero-order chi connectivity index (χ0) is 23.2. The van der Waals surface area contributed by atoms with Crippen LogP contribution >= 0.6 is 11.6 Å². The van der Waals surface area contributed by atoms with Crippen molar-refractivity contribution in [1.82, 2.24) is 5.32 Å². The molecule has 0 spiro atoms. The van der Waals surface area contributed by atoms with Crippen molar-refractivity contribution in [3.05, 3.63) is 59.1 Å². The molecule has 0 heterocycles. The van der Waals surface area contributed by atoms with E-state index in [1.54, 1.807) is 49.4 Å². The van der Waals surface area contributed by atoms with Crippen LogP contribution in [0.2, 0.25) is 5.02 Å². The average molecular weight is 466 g/mol. The zero-order valence-electron chi connectivity index (χ0n) is 18.1. The summed E-state index contributed by atoms with van der Waals surface area (Å²) in [4.78, 5) is 25.8. The standard InChI is InChI=1S/C22H28ClN3O4S/c1-5-15(3)24-21(27)18-12-7-8-13-19(18)25-22(28)20(6-2)26(31(4,29)30)17-11-9-10-16(23)14-17/h7-15,20H,5-6H2,1-4H3,(H,24,27)(H,25,28). The summed E-state index contributed by atoms with van der Waals surface area (Å²) in [5, 5.41) is 5.96. The van der Waals surface area contributed by atoms with Gasteiger partial charge in [0.25, 0.3) is 5.91 Å². The number of anilines is 2. The van der Waals surface area contributed by atoms with Gasteiger partial charge in [-0.2, -0.15) is 0 Å². The van der Waals surface area contributed by atoms with E-state index in [2.05, 4.69) is 10.6 Å². The molecule has 7 nitrogen and oxygen atoms in total. The fourth-order valence-electron chi connectivity index (χ4n) is 3.08. The molecule has 0 radical (unpaired) electrons. The van der Waals surface area contributed by atoms with Crippen LogP contribution in [0.5, 0.6) is 0 Å². The number of rotatable bonds is 9. The third-order valence-corrected chi connectivity index (χ3v) is 6.23. The van der Waals surface area contributed by atoms with Crippen molar-refractivity contribution >= 4 is 44.8 Å². The van der Waals surface area contributed by atoms with Crippen LogP contribution in [0.25, 0.3) is 0 Å². The van der Waals surface area contributed by atoms with Crippen LogP contribution in [0.4, 0.5) is 11.4 Å². The molecule has 0 aromatic heterocycles. The van der Waals surface area contributed by atoms with Gasteiger partial charge in [-0.15, -0.1) is 0 Å². The topological polar surface area (TPSA) is 95.6 Å². The lowest BCUT2D eigenvalue weighted by molar-refractivity contribution is -0.117. The summed E-state index contributed by atoms with van der Waals surface area (Å²) in [6.45, 7) is 5.57. The molecule has 0 aliphatic heterocycles. The maximum Gasteiger partial charge on any atom is 0.253 e. The van der Waals surface area contributed by atoms with Crippen LogP contribution in [0.3, 0.4) is 0 Å². The van der Waals surface area contributed by atoms with E-state index >= 15 is 0 Å². The van der Waals surface area contributed by atoms with Gasteiger partial charge in [-0.25, -0.2) is 8.42 Å². The molecular formula is C22H28ClN3O4S. The molecule has 168 valence electrons. The molecule has 0 aliphatic carbocycles. The number of hydrogen-bond acceptors (Lipinski definition) is 4. The molecule has 2 amide bonds. The normalized spacial score (nSPS) is 13.2. The average Bonchev–Trinajstić information content (AvgIpc) is 2.70. The van der Waals surface area contributed by atoms with Crippen LogP contribution in [-0.4, -0.2) is 38.6 Å². The molecule has 0 fully saturated rings. The lowest BCUT2D eigenvalue weighted by Crippen LogP contribution is -2.47. The van der Waals surface area contributed by atoms with Gasteiger partial charge >= 0.3 is 0 Å². The fourth-order valence-corrected chi connectivity index (χ4v) is 4.47. The number of nitrogens with one attached hydrogen (secondary N) is 2. The first-order valence-corrected chi connectivity index (χ1v) is 12.3. The Morgan fingerprint density at radius 1 is 1.06 bits per heavy atom. The summed E-state index contributed by atoms with van der Waals surface area (Å²) in [5.41, 5.74) is 0.908. The van der Waals surface area contributed by atoms with Crippen LogP contribution in [-0.2, 0) is 14.8 Å². The van der Waals surface area contributed by atoms with Crippen molar-refractivity contribution in [3.63, 3.8) is 0 Å². The van der Waals surface area contributed by atoms with Gasteiger partial charge < -0.3 is 10.6 Å². The summed E-state index contributed by atoms with van der Waals surface area (Å²) >= 11 is 6.04. The third-order valence-electron chi connectivity index (χ3n) is 4.81. The number of amides is 2. The van der Waals surface area contributed by atoms with Crippen molar-refractivity contribution < 1.29 is 18.0 Å². The van der Waals surface area contributed by atoms with Gasteiger partial charge in [0.1, 0.15) is 6.04 Å². The molecule has 2 N–H and O–H groups in total. The minimum absolute atomic E-state index is 0.0248. The highest BCUT2D eigenvalue weighted by molar-refractivity contribution is 7.92. The number of carbonyl (C=O) groups excluding carboxylic acids is 2. The van der Waals surface area contributed by atoms with E-state index in [0.29, 0.717) is 22.0 Å². The van der Waals surface area contributed by atoms with Gasteiger partial charge in [-0.05, 0) is 50.1 Å². The molecule has 2 atom stereocenters. The Kier molecular flexibility index (Phi) is 8.47. The first-order valence-electron chi connectivity index (χ1n) is 10.0. The van der Waals surface area contributed by atoms with Gasteiger partial charge in [0.05, 0.1) is 23.2 Å². The molecule has 0 bridgehead atoms. The summed E-state index contributed by atoms with van der Waals surface area (Å²) < 4.78 is 26.2. The third kappa shape index (κ3) is 6.45. The van der Waals surface area contributed by atoms with E-state index < -0.39 is 22.0 Å². The first-order chi connectivity index (χ1) is 14.6. The molecule has 0 saturated heterocycles. The highest BCUT2D eigenvalue weighted by Crippen LogP contribution is 2.26. The second kappa shape index (κ2) is 10.6. The van der Waals surface area contributed by atoms with E-state index in [4.69, 9.17) is 11.6 Å². The van der Waals surface area contributed by atoms with Crippen LogP contribution in [0, 0.1) is 0 Å². The Labute approximate surface area is 188 Å². The van der Waals surface area contributed by atoms with Crippen molar-refractivity contribution in [2.75, 3.05) is 15.9 Å². The van der Waals surface area contributed by atoms with E-state index in [1.165, 1.54) is 6.07 Å². The molecule has 2 unspecified atom stereocenters. The minimum atomic E-state index is -3.79. The van der Waals surface area contributed by atoms with E-state index in [1.807, 2.05) is 13.8 Å². The quantitative estimate of drug-likeness (QED) is 0.583. The van der Waals surface area contributed by atoms with Crippen molar-refractivity contribution in [3.8, 4) is 0 Å². The Morgan fingerprint density at radius 2 is 1.74 bits per heavy atom. The predicted molar refractivity (Wildman–Crippen MR) is 125 cm³/mol. The van der Waals surface area contributed by atoms with Gasteiger partial charge in [-0.3, -0.25) is 13.9 Å². The maximum atomic E-state index is 13.2. The molecule has 2 rings (SSSR count). The largest absolute Gasteiger partial charge is 0.350 e. The van der Waals surface area contributed by atoms with Crippen molar-refractivity contribution in [1.29, 1.82) is 0 Å². The van der Waals surface area contributed by atoms with Gasteiger partial charge in [0.2, 0.25) is 15.9 Å². The summed E-state index contributed by atoms with van der Waals surface area (Å²) in [6.07, 6.45) is 2.02. The van der Waals surface area contributed by atoms with E-state index in [0.717, 1.165) is 17.0 Å². The number of hydrogen-bond donors (Lipinski definition) is 2. The van der Waals surface area contributed by atoms with Crippen molar-refractivity contribution in [2.45, 2.75) is 45.7 Å². The van der Waals surface area contributed by atoms with E-state index in [9.17, 15) is 18.0 Å². The number of benzene rings is 2. The Balaban J connectivity index is 2.37. The lowest BCUT2D eigenvalue weighted by Gasteiger charge is -2.30. The first kappa shape index (κ1) is 24.7. The second-order valence-electron chi connectivity index (χ2n) is 7.28. The van der Waals surface area contributed by atoms with Crippen LogP contribution in [0.1, 0.15) is 44.0 Å². The molecule has 31 heavy (non-hydrogen) atoms. The van der Waals surface area contributed by atoms with Gasteiger partial charge in [-0.1, -0.05) is 43.6 Å². The molecule has 0 aliphatic rings. The highest BCUT2D eigenvalue weighted by Gasteiger charge is 2.32. The number of para-hydroxylation sites is 1. The Hall–Kier alpha value is -2.58. The number of sulfonamides is 1. The number of carbonyl (C=O) groups is 2. The predicted octanol–water partition coefficient (Wildman–Crippen LogP) is 4.05. The summed E-state index contributed by atoms with van der Waals surface area (Å²) in [6, 6.07) is 11.9. The van der Waals surface area contributed by atoms with Crippen LogP contribution < -0.4 is 14.9 Å². The SMILES string of the molecule is CCC(C)NC(=O)c1ccccc1NC(=O)C(CC)N(c1cccc(Cl)c1)S(C)(=O)=O. The van der Waals surface area contributed by atoms with E-state index in [-0.39, 0.29) is 18.4 Å². The Bertz CT molecular complexity index is 1040. The number of nitrogens with zero attached hydrogens (tertiary/aromatic N) is 1. The number of halogens is 1. The molecule has 9 heteroatoms. The second-order valence-corrected chi connectivity index (χ2v) is 9.58. The molecule has 2 aromatic rings. The molecular weight excluding hydrogens is 438 g/mol.